The van der Waals surface area contributed by atoms with Crippen LogP contribution in [0, 0.1) is 6.92 Å². The largest absolute Gasteiger partial charge is 0.416 e. The molecular formula is C13H10F3N. The zero-order valence-corrected chi connectivity index (χ0v) is 9.12. The highest BCUT2D eigenvalue weighted by molar-refractivity contribution is 5.66. The molecule has 2 rings (SSSR count). The summed E-state index contributed by atoms with van der Waals surface area (Å²) in [6, 6.07) is 6.93. The summed E-state index contributed by atoms with van der Waals surface area (Å²) in [4.78, 5) is 3.97. The van der Waals surface area contributed by atoms with E-state index in [1.54, 1.807) is 12.4 Å². The average molecular weight is 237 g/mol. The van der Waals surface area contributed by atoms with Gasteiger partial charge in [-0.3, -0.25) is 4.98 Å². The first-order valence-electron chi connectivity index (χ1n) is 5.07. The van der Waals surface area contributed by atoms with Crippen LogP contribution in [0.5, 0.6) is 0 Å². The number of rotatable bonds is 1. The Bertz CT molecular complexity index is 515. The summed E-state index contributed by atoms with van der Waals surface area (Å²) in [7, 11) is 0. The van der Waals surface area contributed by atoms with Crippen LogP contribution in [-0.4, -0.2) is 4.98 Å². The first kappa shape index (κ1) is 11.6. The number of hydrogen-bond acceptors (Lipinski definition) is 1. The van der Waals surface area contributed by atoms with Gasteiger partial charge in [-0.25, -0.2) is 0 Å². The minimum atomic E-state index is -4.29. The van der Waals surface area contributed by atoms with Crippen molar-refractivity contribution in [3.05, 3.63) is 53.9 Å². The van der Waals surface area contributed by atoms with E-state index in [0.717, 1.165) is 28.8 Å². The third kappa shape index (κ3) is 2.46. The quantitative estimate of drug-likeness (QED) is 0.728. The minimum Gasteiger partial charge on any atom is -0.264 e. The highest BCUT2D eigenvalue weighted by atomic mass is 19.4. The van der Waals surface area contributed by atoms with Gasteiger partial charge in [0.2, 0.25) is 0 Å². The van der Waals surface area contributed by atoms with Gasteiger partial charge >= 0.3 is 6.18 Å². The van der Waals surface area contributed by atoms with Crippen LogP contribution >= 0.6 is 0 Å². The third-order valence-electron chi connectivity index (χ3n) is 2.56. The standard InChI is InChI=1S/C13H10F3N/c1-9-6-7-17-8-12(9)10-2-4-11(5-3-10)13(14,15)16/h2-8H,1H3. The van der Waals surface area contributed by atoms with Gasteiger partial charge in [-0.2, -0.15) is 13.2 Å². The van der Waals surface area contributed by atoms with E-state index in [1.165, 1.54) is 12.1 Å². The van der Waals surface area contributed by atoms with Gasteiger partial charge in [0.1, 0.15) is 0 Å². The molecule has 0 atom stereocenters. The molecule has 1 heterocycles. The SMILES string of the molecule is Cc1ccncc1-c1ccc(C(F)(F)F)cc1. The maximum Gasteiger partial charge on any atom is 0.416 e. The van der Waals surface area contributed by atoms with Gasteiger partial charge in [0.05, 0.1) is 5.56 Å². The van der Waals surface area contributed by atoms with E-state index in [4.69, 9.17) is 0 Å². The zero-order valence-electron chi connectivity index (χ0n) is 9.12. The Morgan fingerprint density at radius 3 is 2.18 bits per heavy atom. The summed E-state index contributed by atoms with van der Waals surface area (Å²) in [6.07, 6.45) is -0.983. The number of pyridine rings is 1. The Kier molecular flexibility index (Phi) is 2.88. The van der Waals surface area contributed by atoms with Crippen LogP contribution in [0.1, 0.15) is 11.1 Å². The van der Waals surface area contributed by atoms with Crippen molar-refractivity contribution in [1.29, 1.82) is 0 Å². The Balaban J connectivity index is 2.40. The molecule has 0 aliphatic heterocycles. The second kappa shape index (κ2) is 4.20. The molecule has 1 aromatic heterocycles. The third-order valence-corrected chi connectivity index (χ3v) is 2.56. The van der Waals surface area contributed by atoms with E-state index < -0.39 is 11.7 Å². The summed E-state index contributed by atoms with van der Waals surface area (Å²) in [6.45, 7) is 1.90. The van der Waals surface area contributed by atoms with Gasteiger partial charge in [0.15, 0.2) is 0 Å². The molecule has 1 nitrogen and oxygen atoms in total. The Hall–Kier alpha value is -1.84. The van der Waals surface area contributed by atoms with Crippen molar-refractivity contribution in [2.45, 2.75) is 13.1 Å². The van der Waals surface area contributed by atoms with Crippen LogP contribution in [0.4, 0.5) is 13.2 Å². The molecule has 0 unspecified atom stereocenters. The molecule has 0 N–H and O–H groups in total. The monoisotopic (exact) mass is 237 g/mol. The van der Waals surface area contributed by atoms with Crippen LogP contribution < -0.4 is 0 Å². The smallest absolute Gasteiger partial charge is 0.264 e. The van der Waals surface area contributed by atoms with E-state index in [-0.39, 0.29) is 0 Å². The van der Waals surface area contributed by atoms with E-state index in [2.05, 4.69) is 4.98 Å². The van der Waals surface area contributed by atoms with E-state index in [0.29, 0.717) is 0 Å². The van der Waals surface area contributed by atoms with Gasteiger partial charge in [0, 0.05) is 18.0 Å². The molecule has 0 aliphatic rings. The maximum atomic E-state index is 12.4. The maximum absolute atomic E-state index is 12.4. The van der Waals surface area contributed by atoms with Crippen molar-refractivity contribution >= 4 is 0 Å². The molecule has 0 fully saturated rings. The lowest BCUT2D eigenvalue weighted by Gasteiger charge is -2.08. The van der Waals surface area contributed by atoms with Gasteiger partial charge < -0.3 is 0 Å². The van der Waals surface area contributed by atoms with Crippen LogP contribution in [0.25, 0.3) is 11.1 Å². The molecule has 0 aliphatic carbocycles. The van der Waals surface area contributed by atoms with Crippen molar-refractivity contribution in [1.82, 2.24) is 4.98 Å². The normalized spacial score (nSPS) is 11.5. The highest BCUT2D eigenvalue weighted by Gasteiger charge is 2.29. The fraction of sp³-hybridized carbons (Fsp3) is 0.154. The zero-order chi connectivity index (χ0) is 12.5. The molecular weight excluding hydrogens is 227 g/mol. The van der Waals surface area contributed by atoms with Crippen molar-refractivity contribution in [3.63, 3.8) is 0 Å². The van der Waals surface area contributed by atoms with E-state index in [9.17, 15) is 13.2 Å². The molecule has 2 aromatic rings. The lowest BCUT2D eigenvalue weighted by molar-refractivity contribution is -0.137. The lowest BCUT2D eigenvalue weighted by Crippen LogP contribution is -2.04. The van der Waals surface area contributed by atoms with Crippen LogP contribution in [0.3, 0.4) is 0 Å². The highest BCUT2D eigenvalue weighted by Crippen LogP contribution is 2.31. The Morgan fingerprint density at radius 1 is 1.00 bits per heavy atom. The first-order valence-corrected chi connectivity index (χ1v) is 5.07. The molecule has 88 valence electrons. The molecule has 0 amide bonds. The molecule has 0 saturated carbocycles. The predicted molar refractivity (Wildman–Crippen MR) is 59.4 cm³/mol. The number of benzene rings is 1. The summed E-state index contributed by atoms with van der Waals surface area (Å²) >= 11 is 0. The Labute approximate surface area is 96.9 Å². The molecule has 0 spiro atoms. The summed E-state index contributed by atoms with van der Waals surface area (Å²) in [5.74, 6) is 0. The number of aryl methyl sites for hydroxylation is 1. The minimum absolute atomic E-state index is 0.636. The molecule has 0 bridgehead atoms. The number of nitrogens with zero attached hydrogens (tertiary/aromatic N) is 1. The van der Waals surface area contributed by atoms with Crippen molar-refractivity contribution < 1.29 is 13.2 Å². The number of alkyl halides is 3. The molecule has 1 aromatic carbocycles. The summed E-state index contributed by atoms with van der Waals surface area (Å²) < 4.78 is 37.2. The van der Waals surface area contributed by atoms with Gasteiger partial charge in [-0.15, -0.1) is 0 Å². The summed E-state index contributed by atoms with van der Waals surface area (Å²) in [5.41, 5.74) is 1.94. The van der Waals surface area contributed by atoms with Gasteiger partial charge in [0.25, 0.3) is 0 Å². The van der Waals surface area contributed by atoms with Crippen LogP contribution in [-0.2, 0) is 6.18 Å². The van der Waals surface area contributed by atoms with Gasteiger partial charge in [-0.05, 0) is 36.2 Å². The lowest BCUT2D eigenvalue weighted by atomic mass is 10.0. The van der Waals surface area contributed by atoms with E-state index in [1.807, 2.05) is 13.0 Å². The summed E-state index contributed by atoms with van der Waals surface area (Å²) in [5, 5.41) is 0. The average Bonchev–Trinajstić information content (AvgIpc) is 2.29. The Morgan fingerprint density at radius 2 is 1.65 bits per heavy atom. The van der Waals surface area contributed by atoms with Crippen LogP contribution in [0.2, 0.25) is 0 Å². The molecule has 0 radical (unpaired) electrons. The second-order valence-electron chi connectivity index (χ2n) is 3.77. The van der Waals surface area contributed by atoms with Crippen molar-refractivity contribution in [3.8, 4) is 11.1 Å². The number of halogens is 3. The van der Waals surface area contributed by atoms with E-state index >= 15 is 0 Å². The number of aromatic nitrogens is 1. The predicted octanol–water partition coefficient (Wildman–Crippen LogP) is 4.08. The first-order chi connectivity index (χ1) is 7.98. The second-order valence-corrected chi connectivity index (χ2v) is 3.77. The fourth-order valence-electron chi connectivity index (χ4n) is 1.60. The van der Waals surface area contributed by atoms with Gasteiger partial charge in [-0.1, -0.05) is 12.1 Å². The number of hydrogen-bond donors (Lipinski definition) is 0. The molecule has 4 heteroatoms. The topological polar surface area (TPSA) is 12.9 Å². The molecule has 17 heavy (non-hydrogen) atoms. The van der Waals surface area contributed by atoms with Crippen LogP contribution in [0.15, 0.2) is 42.7 Å². The van der Waals surface area contributed by atoms with Crippen molar-refractivity contribution in [2.75, 3.05) is 0 Å². The fourth-order valence-corrected chi connectivity index (χ4v) is 1.60. The molecule has 0 saturated heterocycles. The van der Waals surface area contributed by atoms with Crippen molar-refractivity contribution in [2.24, 2.45) is 0 Å².